The van der Waals surface area contributed by atoms with Crippen molar-refractivity contribution >= 4 is 11.6 Å². The van der Waals surface area contributed by atoms with Gasteiger partial charge in [-0.25, -0.2) is 0 Å². The molecule has 0 aromatic rings. The maximum absolute atomic E-state index is 5.81. The molecule has 0 aromatic carbocycles. The van der Waals surface area contributed by atoms with Crippen LogP contribution in [-0.2, 0) is 9.47 Å². The van der Waals surface area contributed by atoms with E-state index in [1.54, 1.807) is 0 Å². The highest BCUT2D eigenvalue weighted by atomic mass is 35.5. The molecule has 1 aliphatic heterocycles. The minimum absolute atomic E-state index is 0.183. The van der Waals surface area contributed by atoms with Gasteiger partial charge in [0.1, 0.15) is 0 Å². The van der Waals surface area contributed by atoms with Crippen LogP contribution in [-0.4, -0.2) is 55.8 Å². The zero-order chi connectivity index (χ0) is 12.0. The van der Waals surface area contributed by atoms with Crippen molar-refractivity contribution in [2.75, 3.05) is 38.8 Å². The second-order valence-corrected chi connectivity index (χ2v) is 5.23. The first-order chi connectivity index (χ1) is 7.63. The van der Waals surface area contributed by atoms with Crippen LogP contribution in [0, 0.1) is 5.92 Å². The summed E-state index contributed by atoms with van der Waals surface area (Å²) in [6, 6.07) is 0.474. The number of ether oxygens (including phenoxy) is 2. The highest BCUT2D eigenvalue weighted by molar-refractivity contribution is 6.18. The normalized spacial score (nSPS) is 27.6. The molecule has 0 aliphatic carbocycles. The van der Waals surface area contributed by atoms with Crippen LogP contribution in [0.2, 0.25) is 0 Å². The Bertz CT molecular complexity index is 190. The van der Waals surface area contributed by atoms with Crippen LogP contribution in [0.25, 0.3) is 0 Å². The Hall–Kier alpha value is 0.170. The second-order valence-electron chi connectivity index (χ2n) is 4.92. The lowest BCUT2D eigenvalue weighted by Crippen LogP contribution is -2.49. The molecule has 4 heteroatoms. The summed E-state index contributed by atoms with van der Waals surface area (Å²) in [5, 5.41) is 0. The highest BCUT2D eigenvalue weighted by Crippen LogP contribution is 2.12. The van der Waals surface area contributed by atoms with Crippen LogP contribution in [0.15, 0.2) is 0 Å². The Balaban J connectivity index is 2.18. The zero-order valence-electron chi connectivity index (χ0n) is 10.6. The maximum atomic E-state index is 5.81. The van der Waals surface area contributed by atoms with Gasteiger partial charge in [0.2, 0.25) is 0 Å². The van der Waals surface area contributed by atoms with Gasteiger partial charge in [0, 0.05) is 31.6 Å². The number of nitrogens with zero attached hydrogens (tertiary/aromatic N) is 1. The minimum atomic E-state index is 0.183. The Morgan fingerprint density at radius 3 is 2.88 bits per heavy atom. The van der Waals surface area contributed by atoms with Crippen molar-refractivity contribution in [2.24, 2.45) is 5.92 Å². The standard InChI is InChI=1S/C12H24ClNO2/c1-10(2)8-15-5-4-14-7-12(6-13)16-9-11(14)3/h10-12H,4-9H2,1-3H3. The lowest BCUT2D eigenvalue weighted by atomic mass is 10.2. The summed E-state index contributed by atoms with van der Waals surface area (Å²) < 4.78 is 11.2. The van der Waals surface area contributed by atoms with E-state index in [2.05, 4.69) is 25.7 Å². The summed E-state index contributed by atoms with van der Waals surface area (Å²) in [4.78, 5) is 2.40. The van der Waals surface area contributed by atoms with E-state index < -0.39 is 0 Å². The van der Waals surface area contributed by atoms with E-state index in [1.807, 2.05) is 0 Å². The fourth-order valence-electron chi connectivity index (χ4n) is 1.78. The van der Waals surface area contributed by atoms with E-state index in [4.69, 9.17) is 21.1 Å². The molecule has 96 valence electrons. The zero-order valence-corrected chi connectivity index (χ0v) is 11.4. The molecule has 0 amide bonds. The van der Waals surface area contributed by atoms with Crippen LogP contribution in [0.4, 0.5) is 0 Å². The van der Waals surface area contributed by atoms with Gasteiger partial charge >= 0.3 is 0 Å². The first kappa shape index (κ1) is 14.2. The van der Waals surface area contributed by atoms with Gasteiger partial charge in [-0.2, -0.15) is 0 Å². The summed E-state index contributed by atoms with van der Waals surface area (Å²) >= 11 is 5.81. The molecule has 0 N–H and O–H groups in total. The molecule has 1 rings (SSSR count). The van der Waals surface area contributed by atoms with Gasteiger partial charge in [-0.05, 0) is 12.8 Å². The van der Waals surface area contributed by atoms with Gasteiger partial charge in [-0.15, -0.1) is 11.6 Å². The van der Waals surface area contributed by atoms with E-state index in [-0.39, 0.29) is 6.10 Å². The van der Waals surface area contributed by atoms with Crippen LogP contribution in [0.1, 0.15) is 20.8 Å². The van der Waals surface area contributed by atoms with Crippen LogP contribution >= 0.6 is 11.6 Å². The summed E-state index contributed by atoms with van der Waals surface area (Å²) in [7, 11) is 0. The number of alkyl halides is 1. The highest BCUT2D eigenvalue weighted by Gasteiger charge is 2.24. The van der Waals surface area contributed by atoms with Crippen LogP contribution in [0.5, 0.6) is 0 Å². The summed E-state index contributed by atoms with van der Waals surface area (Å²) in [6.07, 6.45) is 0.183. The van der Waals surface area contributed by atoms with Gasteiger partial charge in [0.25, 0.3) is 0 Å². The number of hydrogen-bond donors (Lipinski definition) is 0. The number of morpholine rings is 1. The van der Waals surface area contributed by atoms with Crippen molar-refractivity contribution < 1.29 is 9.47 Å². The van der Waals surface area contributed by atoms with Crippen molar-refractivity contribution in [1.29, 1.82) is 0 Å². The number of hydrogen-bond acceptors (Lipinski definition) is 3. The fraction of sp³-hybridized carbons (Fsp3) is 1.00. The molecule has 0 spiro atoms. The first-order valence-electron chi connectivity index (χ1n) is 6.12. The number of halogens is 1. The van der Waals surface area contributed by atoms with Crippen molar-refractivity contribution in [2.45, 2.75) is 32.9 Å². The predicted octanol–water partition coefficient (Wildman–Crippen LogP) is 1.99. The summed E-state index contributed by atoms with van der Waals surface area (Å²) in [6.45, 7) is 10.9. The van der Waals surface area contributed by atoms with E-state index in [0.29, 0.717) is 17.8 Å². The largest absolute Gasteiger partial charge is 0.380 e. The molecule has 0 aromatic heterocycles. The molecule has 16 heavy (non-hydrogen) atoms. The molecule has 1 fully saturated rings. The van der Waals surface area contributed by atoms with Gasteiger partial charge in [-0.3, -0.25) is 4.90 Å². The Morgan fingerprint density at radius 1 is 1.50 bits per heavy atom. The van der Waals surface area contributed by atoms with E-state index in [9.17, 15) is 0 Å². The smallest absolute Gasteiger partial charge is 0.0837 e. The fourth-order valence-corrected chi connectivity index (χ4v) is 1.97. The number of rotatable bonds is 6. The van der Waals surface area contributed by atoms with Gasteiger partial charge in [0.15, 0.2) is 0 Å². The molecule has 0 saturated carbocycles. The third-order valence-electron chi connectivity index (χ3n) is 2.78. The van der Waals surface area contributed by atoms with E-state index >= 15 is 0 Å². The average molecular weight is 250 g/mol. The average Bonchev–Trinajstić information content (AvgIpc) is 2.26. The first-order valence-corrected chi connectivity index (χ1v) is 6.66. The molecule has 1 aliphatic rings. The van der Waals surface area contributed by atoms with Gasteiger partial charge in [-0.1, -0.05) is 13.8 Å². The molecule has 0 radical (unpaired) electrons. The maximum Gasteiger partial charge on any atom is 0.0837 e. The summed E-state index contributed by atoms with van der Waals surface area (Å²) in [5.41, 5.74) is 0. The molecule has 1 heterocycles. The Labute approximate surface area is 104 Å². The van der Waals surface area contributed by atoms with Gasteiger partial charge in [0.05, 0.1) is 19.3 Å². The lowest BCUT2D eigenvalue weighted by molar-refractivity contribution is -0.0563. The lowest BCUT2D eigenvalue weighted by Gasteiger charge is -2.37. The van der Waals surface area contributed by atoms with Crippen LogP contribution < -0.4 is 0 Å². The summed E-state index contributed by atoms with van der Waals surface area (Å²) in [5.74, 6) is 1.19. The van der Waals surface area contributed by atoms with E-state index in [0.717, 1.165) is 32.9 Å². The quantitative estimate of drug-likeness (QED) is 0.531. The van der Waals surface area contributed by atoms with E-state index in [1.165, 1.54) is 0 Å². The molecule has 2 atom stereocenters. The second kappa shape index (κ2) is 7.49. The molecule has 3 nitrogen and oxygen atoms in total. The Kier molecular flexibility index (Phi) is 6.66. The SMILES string of the molecule is CC(C)COCCN1CC(CCl)OCC1C. The van der Waals surface area contributed by atoms with Crippen LogP contribution in [0.3, 0.4) is 0 Å². The Morgan fingerprint density at radius 2 is 2.25 bits per heavy atom. The van der Waals surface area contributed by atoms with Crippen molar-refractivity contribution in [1.82, 2.24) is 4.90 Å². The van der Waals surface area contributed by atoms with Crippen molar-refractivity contribution in [3.8, 4) is 0 Å². The monoisotopic (exact) mass is 249 g/mol. The molecule has 0 bridgehead atoms. The third kappa shape index (κ3) is 5.00. The molecule has 2 unspecified atom stereocenters. The topological polar surface area (TPSA) is 21.7 Å². The minimum Gasteiger partial charge on any atom is -0.380 e. The third-order valence-corrected chi connectivity index (χ3v) is 3.12. The van der Waals surface area contributed by atoms with Crippen molar-refractivity contribution in [3.63, 3.8) is 0 Å². The molecular formula is C12H24ClNO2. The van der Waals surface area contributed by atoms with Crippen molar-refractivity contribution in [3.05, 3.63) is 0 Å². The molecular weight excluding hydrogens is 226 g/mol. The van der Waals surface area contributed by atoms with Gasteiger partial charge < -0.3 is 9.47 Å². The molecule has 1 saturated heterocycles. The predicted molar refractivity (Wildman–Crippen MR) is 67.2 cm³/mol.